The van der Waals surface area contributed by atoms with Gasteiger partial charge in [-0.05, 0) is 24.1 Å². The summed E-state index contributed by atoms with van der Waals surface area (Å²) in [5, 5.41) is 6.04. The average molecular weight is 248 g/mol. The number of nitrogens with one attached hydrogen (secondary N) is 2. The number of benzene rings is 1. The Hall–Kier alpha value is -1.75. The molecule has 5 nitrogen and oxygen atoms in total. The van der Waals surface area contributed by atoms with Crippen molar-refractivity contribution in [1.29, 1.82) is 0 Å². The van der Waals surface area contributed by atoms with Gasteiger partial charge in [0.25, 0.3) is 0 Å². The van der Waals surface area contributed by atoms with Gasteiger partial charge in [-0.3, -0.25) is 4.79 Å². The van der Waals surface area contributed by atoms with E-state index in [0.717, 1.165) is 36.6 Å². The molecule has 1 aromatic carbocycles. The van der Waals surface area contributed by atoms with Crippen LogP contribution in [0.4, 0.5) is 0 Å². The predicted molar refractivity (Wildman–Crippen MR) is 65.6 cm³/mol. The molecule has 1 fully saturated rings. The van der Waals surface area contributed by atoms with Crippen molar-refractivity contribution in [2.24, 2.45) is 5.92 Å². The molecule has 0 atom stereocenters. The Labute approximate surface area is 105 Å². The van der Waals surface area contributed by atoms with Crippen LogP contribution in [0.3, 0.4) is 0 Å². The van der Waals surface area contributed by atoms with Crippen LogP contribution in [0.15, 0.2) is 18.2 Å². The van der Waals surface area contributed by atoms with Crippen molar-refractivity contribution in [2.45, 2.75) is 6.42 Å². The maximum atomic E-state index is 11.6. The molecule has 0 spiro atoms. The number of carbonyl (C=O) groups excluding carboxylic acids is 1. The molecule has 1 saturated heterocycles. The van der Waals surface area contributed by atoms with E-state index in [-0.39, 0.29) is 11.8 Å². The topological polar surface area (TPSA) is 59.6 Å². The fraction of sp³-hybridized carbons (Fsp3) is 0.462. The van der Waals surface area contributed by atoms with E-state index < -0.39 is 0 Å². The molecule has 0 radical (unpaired) electrons. The van der Waals surface area contributed by atoms with Gasteiger partial charge in [-0.15, -0.1) is 0 Å². The van der Waals surface area contributed by atoms with E-state index in [1.807, 2.05) is 18.2 Å². The molecular weight excluding hydrogens is 232 g/mol. The van der Waals surface area contributed by atoms with Gasteiger partial charge < -0.3 is 20.1 Å². The number of fused-ring (bicyclic) bond motifs is 1. The van der Waals surface area contributed by atoms with Crippen molar-refractivity contribution in [3.05, 3.63) is 23.8 Å². The van der Waals surface area contributed by atoms with Gasteiger partial charge in [0.15, 0.2) is 11.5 Å². The molecule has 5 heteroatoms. The van der Waals surface area contributed by atoms with Gasteiger partial charge in [0.05, 0.1) is 5.92 Å². The highest BCUT2D eigenvalue weighted by molar-refractivity contribution is 5.79. The summed E-state index contributed by atoms with van der Waals surface area (Å²) >= 11 is 0. The molecule has 2 N–H and O–H groups in total. The van der Waals surface area contributed by atoms with Gasteiger partial charge in [-0.25, -0.2) is 0 Å². The highest BCUT2D eigenvalue weighted by atomic mass is 16.7. The summed E-state index contributed by atoms with van der Waals surface area (Å²) < 4.78 is 10.6. The van der Waals surface area contributed by atoms with Crippen LogP contribution in [0, 0.1) is 5.92 Å². The highest BCUT2D eigenvalue weighted by Crippen LogP contribution is 2.32. The summed E-state index contributed by atoms with van der Waals surface area (Å²) in [7, 11) is 0. The largest absolute Gasteiger partial charge is 0.454 e. The number of hydrogen-bond acceptors (Lipinski definition) is 4. The molecule has 3 rings (SSSR count). The van der Waals surface area contributed by atoms with Crippen molar-refractivity contribution >= 4 is 5.91 Å². The lowest BCUT2D eigenvalue weighted by atomic mass is 10.0. The second kappa shape index (κ2) is 4.86. The van der Waals surface area contributed by atoms with E-state index in [2.05, 4.69) is 10.6 Å². The molecule has 18 heavy (non-hydrogen) atoms. The van der Waals surface area contributed by atoms with Crippen molar-refractivity contribution < 1.29 is 14.3 Å². The van der Waals surface area contributed by atoms with Crippen LogP contribution in [0.2, 0.25) is 0 Å². The molecule has 0 aromatic heterocycles. The standard InChI is InChI=1S/C13H16N2O3/c16-13(10-6-14-7-10)15-4-3-9-1-2-11-12(5-9)18-8-17-11/h1-2,5,10,14H,3-4,6-8H2,(H,15,16). The number of rotatable bonds is 4. The first-order valence-electron chi connectivity index (χ1n) is 6.20. The summed E-state index contributed by atoms with van der Waals surface area (Å²) in [5.74, 6) is 1.89. The van der Waals surface area contributed by atoms with E-state index in [0.29, 0.717) is 13.3 Å². The van der Waals surface area contributed by atoms with Crippen LogP contribution in [-0.4, -0.2) is 32.3 Å². The summed E-state index contributed by atoms with van der Waals surface area (Å²) in [5.41, 5.74) is 1.14. The van der Waals surface area contributed by atoms with Crippen LogP contribution in [0.5, 0.6) is 11.5 Å². The summed E-state index contributed by atoms with van der Waals surface area (Å²) in [6, 6.07) is 5.89. The van der Waals surface area contributed by atoms with E-state index in [1.54, 1.807) is 0 Å². The minimum Gasteiger partial charge on any atom is -0.454 e. The molecule has 1 aromatic rings. The van der Waals surface area contributed by atoms with Crippen LogP contribution >= 0.6 is 0 Å². The van der Waals surface area contributed by atoms with Crippen LogP contribution in [0.1, 0.15) is 5.56 Å². The third-order valence-electron chi connectivity index (χ3n) is 3.30. The van der Waals surface area contributed by atoms with Gasteiger partial charge in [0.1, 0.15) is 0 Å². The lowest BCUT2D eigenvalue weighted by molar-refractivity contribution is -0.126. The quantitative estimate of drug-likeness (QED) is 0.804. The third kappa shape index (κ3) is 2.26. The first kappa shape index (κ1) is 11.3. The SMILES string of the molecule is O=C(NCCc1ccc2c(c1)OCO2)C1CNC1. The normalized spacial score (nSPS) is 17.3. The Balaban J connectivity index is 1.49. The molecule has 1 amide bonds. The second-order valence-corrected chi connectivity index (χ2v) is 4.58. The molecule has 2 aliphatic rings. The zero-order chi connectivity index (χ0) is 12.4. The molecule has 0 unspecified atom stereocenters. The lowest BCUT2D eigenvalue weighted by Crippen LogP contribution is -2.51. The molecular formula is C13H16N2O3. The van der Waals surface area contributed by atoms with Crippen LogP contribution in [0.25, 0.3) is 0 Å². The minimum absolute atomic E-state index is 0.148. The molecule has 0 bridgehead atoms. The first-order chi connectivity index (χ1) is 8.83. The van der Waals surface area contributed by atoms with E-state index in [1.165, 1.54) is 0 Å². The number of carbonyl (C=O) groups is 1. The fourth-order valence-corrected chi connectivity index (χ4v) is 2.04. The van der Waals surface area contributed by atoms with Crippen molar-refractivity contribution in [3.63, 3.8) is 0 Å². The Morgan fingerprint density at radius 1 is 1.33 bits per heavy atom. The third-order valence-corrected chi connectivity index (χ3v) is 3.30. The highest BCUT2D eigenvalue weighted by Gasteiger charge is 2.24. The average Bonchev–Trinajstić information content (AvgIpc) is 2.73. The molecule has 0 aliphatic carbocycles. The number of amides is 1. The van der Waals surface area contributed by atoms with E-state index in [4.69, 9.17) is 9.47 Å². The van der Waals surface area contributed by atoms with Crippen molar-refractivity contribution in [1.82, 2.24) is 10.6 Å². The molecule has 0 saturated carbocycles. The van der Waals surface area contributed by atoms with Crippen molar-refractivity contribution in [2.75, 3.05) is 26.4 Å². The smallest absolute Gasteiger partial charge is 0.231 e. The molecule has 96 valence electrons. The van der Waals surface area contributed by atoms with E-state index in [9.17, 15) is 4.79 Å². The maximum absolute atomic E-state index is 11.6. The Morgan fingerprint density at radius 3 is 2.94 bits per heavy atom. The summed E-state index contributed by atoms with van der Waals surface area (Å²) in [6.07, 6.45) is 0.808. The first-order valence-corrected chi connectivity index (χ1v) is 6.20. The Bertz CT molecular complexity index is 458. The zero-order valence-electron chi connectivity index (χ0n) is 10.1. The second-order valence-electron chi connectivity index (χ2n) is 4.58. The van der Waals surface area contributed by atoms with Crippen LogP contribution < -0.4 is 20.1 Å². The predicted octanol–water partition coefficient (Wildman–Crippen LogP) is 0.293. The summed E-state index contributed by atoms with van der Waals surface area (Å²) in [4.78, 5) is 11.6. The molecule has 2 heterocycles. The summed E-state index contributed by atoms with van der Waals surface area (Å²) in [6.45, 7) is 2.56. The monoisotopic (exact) mass is 248 g/mol. The molecule has 2 aliphatic heterocycles. The Kier molecular flexibility index (Phi) is 3.06. The maximum Gasteiger partial charge on any atom is 0.231 e. The van der Waals surface area contributed by atoms with Crippen LogP contribution in [-0.2, 0) is 11.2 Å². The minimum atomic E-state index is 0.148. The van der Waals surface area contributed by atoms with E-state index >= 15 is 0 Å². The number of hydrogen-bond donors (Lipinski definition) is 2. The van der Waals surface area contributed by atoms with Gasteiger partial charge >= 0.3 is 0 Å². The fourth-order valence-electron chi connectivity index (χ4n) is 2.04. The van der Waals surface area contributed by atoms with Gasteiger partial charge in [0, 0.05) is 19.6 Å². The zero-order valence-corrected chi connectivity index (χ0v) is 10.1. The van der Waals surface area contributed by atoms with Gasteiger partial charge in [-0.1, -0.05) is 6.07 Å². The van der Waals surface area contributed by atoms with Gasteiger partial charge in [-0.2, -0.15) is 0 Å². The Morgan fingerprint density at radius 2 is 2.17 bits per heavy atom. The lowest BCUT2D eigenvalue weighted by Gasteiger charge is -2.25. The van der Waals surface area contributed by atoms with Gasteiger partial charge in [0.2, 0.25) is 12.7 Å². The number of ether oxygens (including phenoxy) is 2. The van der Waals surface area contributed by atoms with Crippen molar-refractivity contribution in [3.8, 4) is 11.5 Å².